The summed E-state index contributed by atoms with van der Waals surface area (Å²) in [5.41, 5.74) is -0.297. The lowest BCUT2D eigenvalue weighted by Crippen LogP contribution is -2.37. The van der Waals surface area contributed by atoms with E-state index in [0.717, 1.165) is 25.7 Å². The number of hydrogen-bond acceptors (Lipinski definition) is 4. The smallest absolute Gasteiger partial charge is 0.357 e. The number of H-pyrrole nitrogens is 1. The molecule has 0 saturated heterocycles. The van der Waals surface area contributed by atoms with Crippen molar-refractivity contribution in [2.24, 2.45) is 5.41 Å². The third kappa shape index (κ3) is 3.44. The number of carbonyl (C=O) groups is 1. The first-order valence-corrected chi connectivity index (χ1v) is 8.51. The highest BCUT2D eigenvalue weighted by Gasteiger charge is 2.32. The number of aryl methyl sites for hydroxylation is 1. The average Bonchev–Trinajstić information content (AvgIpc) is 2.81. The van der Waals surface area contributed by atoms with Gasteiger partial charge in [0.25, 0.3) is 0 Å². The molecule has 1 aliphatic rings. The molecule has 0 aromatic carbocycles. The number of sulfonamides is 1. The van der Waals surface area contributed by atoms with Gasteiger partial charge in [-0.2, -0.15) is 5.10 Å². The van der Waals surface area contributed by atoms with Crippen LogP contribution in [0.3, 0.4) is 0 Å². The van der Waals surface area contributed by atoms with E-state index in [2.05, 4.69) is 21.8 Å². The summed E-state index contributed by atoms with van der Waals surface area (Å²) in [6.07, 6.45) is 5.34. The average molecular weight is 315 g/mol. The summed E-state index contributed by atoms with van der Waals surface area (Å²) in [5, 5.41) is 15.0. The van der Waals surface area contributed by atoms with Gasteiger partial charge in [-0.1, -0.05) is 26.2 Å². The Balaban J connectivity index is 2.19. The third-order valence-electron chi connectivity index (χ3n) is 4.11. The van der Waals surface area contributed by atoms with Crippen LogP contribution in [0.2, 0.25) is 0 Å². The lowest BCUT2D eigenvalue weighted by Gasteiger charge is -2.33. The van der Waals surface area contributed by atoms with Crippen molar-refractivity contribution in [1.82, 2.24) is 14.9 Å². The number of rotatable bonds is 5. The van der Waals surface area contributed by atoms with Gasteiger partial charge >= 0.3 is 5.97 Å². The second-order valence-electron chi connectivity index (χ2n) is 6.03. The predicted octanol–water partition coefficient (Wildman–Crippen LogP) is 1.67. The third-order valence-corrected chi connectivity index (χ3v) is 5.67. The van der Waals surface area contributed by atoms with Crippen molar-refractivity contribution in [1.29, 1.82) is 0 Å². The molecular weight excluding hydrogens is 294 g/mol. The van der Waals surface area contributed by atoms with E-state index in [0.29, 0.717) is 6.54 Å². The van der Waals surface area contributed by atoms with E-state index in [1.165, 1.54) is 13.3 Å². The summed E-state index contributed by atoms with van der Waals surface area (Å²) in [6, 6.07) is 0. The maximum Gasteiger partial charge on any atom is 0.357 e. The van der Waals surface area contributed by atoms with Gasteiger partial charge in [-0.05, 0) is 25.2 Å². The minimum absolute atomic E-state index is 0.0631. The van der Waals surface area contributed by atoms with Crippen LogP contribution in [0.1, 0.15) is 55.2 Å². The van der Waals surface area contributed by atoms with E-state index >= 15 is 0 Å². The summed E-state index contributed by atoms with van der Waals surface area (Å²) in [6.45, 7) is 3.88. The molecule has 1 aliphatic carbocycles. The van der Waals surface area contributed by atoms with Gasteiger partial charge in [0.15, 0.2) is 5.69 Å². The van der Waals surface area contributed by atoms with Gasteiger partial charge in [0, 0.05) is 6.54 Å². The summed E-state index contributed by atoms with van der Waals surface area (Å²) in [5.74, 6) is -1.36. The van der Waals surface area contributed by atoms with Crippen molar-refractivity contribution in [3.63, 3.8) is 0 Å². The van der Waals surface area contributed by atoms with Crippen LogP contribution >= 0.6 is 0 Å². The van der Waals surface area contributed by atoms with E-state index in [1.54, 1.807) is 0 Å². The molecule has 1 aromatic rings. The molecule has 0 unspecified atom stereocenters. The van der Waals surface area contributed by atoms with Crippen LogP contribution in [-0.2, 0) is 10.0 Å². The lowest BCUT2D eigenvalue weighted by molar-refractivity contribution is 0.0686. The summed E-state index contributed by atoms with van der Waals surface area (Å²) < 4.78 is 27.3. The number of nitrogens with one attached hydrogen (secondary N) is 2. The van der Waals surface area contributed by atoms with Crippen LogP contribution in [0.15, 0.2) is 4.90 Å². The number of carboxylic acid groups (broad SMARTS) is 1. The quantitative estimate of drug-likeness (QED) is 0.765. The Bertz CT molecular complexity index is 630. The van der Waals surface area contributed by atoms with Crippen molar-refractivity contribution < 1.29 is 18.3 Å². The van der Waals surface area contributed by atoms with E-state index < -0.39 is 21.7 Å². The Hall–Kier alpha value is -1.41. The van der Waals surface area contributed by atoms with Gasteiger partial charge in [-0.25, -0.2) is 17.9 Å². The Morgan fingerprint density at radius 2 is 2.00 bits per heavy atom. The molecule has 8 heteroatoms. The standard InChI is InChI=1S/C13H21N3O4S/c1-9-11(10(12(17)18)16-15-9)21(19,20)14-8-13(2)6-4-3-5-7-13/h14H,3-8H2,1-2H3,(H,15,16)(H,17,18). The summed E-state index contributed by atoms with van der Waals surface area (Å²) in [7, 11) is -3.89. The van der Waals surface area contributed by atoms with E-state index in [1.807, 2.05) is 0 Å². The number of aromatic amines is 1. The van der Waals surface area contributed by atoms with Crippen molar-refractivity contribution in [3.8, 4) is 0 Å². The van der Waals surface area contributed by atoms with Crippen molar-refractivity contribution in [2.75, 3.05) is 6.54 Å². The molecule has 118 valence electrons. The van der Waals surface area contributed by atoms with Crippen molar-refractivity contribution >= 4 is 16.0 Å². The number of aromatic nitrogens is 2. The van der Waals surface area contributed by atoms with Gasteiger partial charge in [-0.15, -0.1) is 0 Å². The molecule has 0 amide bonds. The summed E-state index contributed by atoms with van der Waals surface area (Å²) >= 11 is 0. The second-order valence-corrected chi connectivity index (χ2v) is 7.73. The van der Waals surface area contributed by atoms with Crippen molar-refractivity contribution in [3.05, 3.63) is 11.4 Å². The fourth-order valence-corrected chi connectivity index (χ4v) is 4.34. The molecule has 0 bridgehead atoms. The van der Waals surface area contributed by atoms with Gasteiger partial charge in [0.05, 0.1) is 5.69 Å². The molecule has 0 spiro atoms. The minimum atomic E-state index is -3.89. The van der Waals surface area contributed by atoms with Crippen LogP contribution in [0.4, 0.5) is 0 Å². The minimum Gasteiger partial charge on any atom is -0.476 e. The molecule has 0 radical (unpaired) electrons. The molecule has 7 nitrogen and oxygen atoms in total. The first-order chi connectivity index (χ1) is 9.75. The highest BCUT2D eigenvalue weighted by molar-refractivity contribution is 7.89. The van der Waals surface area contributed by atoms with Crippen LogP contribution < -0.4 is 4.72 Å². The maximum absolute atomic E-state index is 12.4. The van der Waals surface area contributed by atoms with Crippen LogP contribution in [0.5, 0.6) is 0 Å². The van der Waals surface area contributed by atoms with Crippen LogP contribution in [0.25, 0.3) is 0 Å². The molecule has 1 aromatic heterocycles. The lowest BCUT2D eigenvalue weighted by atomic mass is 9.76. The molecule has 1 fully saturated rings. The Kier molecular flexibility index (Phi) is 4.38. The monoisotopic (exact) mass is 315 g/mol. The largest absolute Gasteiger partial charge is 0.476 e. The fraction of sp³-hybridized carbons (Fsp3) is 0.692. The van der Waals surface area contributed by atoms with E-state index in [4.69, 9.17) is 5.11 Å². The molecule has 3 N–H and O–H groups in total. The molecule has 0 atom stereocenters. The topological polar surface area (TPSA) is 112 Å². The highest BCUT2D eigenvalue weighted by Crippen LogP contribution is 2.35. The van der Waals surface area contributed by atoms with Crippen molar-refractivity contribution in [2.45, 2.75) is 50.8 Å². The summed E-state index contributed by atoms with van der Waals surface area (Å²) in [4.78, 5) is 10.8. The van der Waals surface area contributed by atoms with Crippen LogP contribution in [0, 0.1) is 12.3 Å². The molecule has 0 aliphatic heterocycles. The Labute approximate surface area is 124 Å². The van der Waals surface area contributed by atoms with Crippen LogP contribution in [-0.4, -0.2) is 36.2 Å². The van der Waals surface area contributed by atoms with E-state index in [9.17, 15) is 13.2 Å². The maximum atomic E-state index is 12.4. The first kappa shape index (κ1) is 16.0. The molecular formula is C13H21N3O4S. The number of aromatic carboxylic acids is 1. The van der Waals surface area contributed by atoms with Gasteiger partial charge in [0.2, 0.25) is 10.0 Å². The zero-order chi connectivity index (χ0) is 15.7. The Morgan fingerprint density at radius 1 is 1.38 bits per heavy atom. The van der Waals surface area contributed by atoms with Gasteiger partial charge < -0.3 is 5.11 Å². The predicted molar refractivity (Wildman–Crippen MR) is 76.7 cm³/mol. The number of carboxylic acids is 1. The highest BCUT2D eigenvalue weighted by atomic mass is 32.2. The molecule has 1 heterocycles. The number of hydrogen-bond donors (Lipinski definition) is 3. The SMILES string of the molecule is Cc1[nH]nc(C(=O)O)c1S(=O)(=O)NCC1(C)CCCCC1. The second kappa shape index (κ2) is 5.76. The zero-order valence-electron chi connectivity index (χ0n) is 12.3. The Morgan fingerprint density at radius 3 is 2.57 bits per heavy atom. The first-order valence-electron chi connectivity index (χ1n) is 7.03. The molecule has 21 heavy (non-hydrogen) atoms. The van der Waals surface area contributed by atoms with Gasteiger partial charge in [-0.3, -0.25) is 5.10 Å². The van der Waals surface area contributed by atoms with E-state index in [-0.39, 0.29) is 16.0 Å². The number of nitrogens with zero attached hydrogens (tertiary/aromatic N) is 1. The fourth-order valence-electron chi connectivity index (χ4n) is 2.82. The normalized spacial score (nSPS) is 18.6. The molecule has 2 rings (SSSR count). The zero-order valence-corrected chi connectivity index (χ0v) is 13.1. The molecule has 1 saturated carbocycles. The van der Waals surface area contributed by atoms with Gasteiger partial charge in [0.1, 0.15) is 4.90 Å².